The second-order valence-corrected chi connectivity index (χ2v) is 4.15. The number of hydrogen-bond acceptors (Lipinski definition) is 2. The Morgan fingerprint density at radius 2 is 1.70 bits per heavy atom. The molecular weight excluding hydrogens is 278 g/mol. The molecule has 0 saturated heterocycles. The van der Waals surface area contributed by atoms with Gasteiger partial charge in [0.1, 0.15) is 11.2 Å². The van der Waals surface area contributed by atoms with Crippen LogP contribution in [0.4, 0.5) is 0 Å². The van der Waals surface area contributed by atoms with Gasteiger partial charge < -0.3 is 15.9 Å². The summed E-state index contributed by atoms with van der Waals surface area (Å²) in [6.45, 7) is 0. The van der Waals surface area contributed by atoms with Gasteiger partial charge in [-0.25, -0.2) is 0 Å². The average Bonchev–Trinajstić information content (AvgIpc) is 2.75. The Morgan fingerprint density at radius 3 is 2.45 bits per heavy atom. The molecule has 4 N–H and O–H groups in total. The first-order valence-electron chi connectivity index (χ1n) is 5.70. The maximum atomic E-state index is 11.7. The molecule has 3 aromatic rings. The van der Waals surface area contributed by atoms with E-state index >= 15 is 0 Å². The second-order valence-electron chi connectivity index (χ2n) is 4.15. The van der Waals surface area contributed by atoms with E-state index in [0.29, 0.717) is 11.1 Å². The Balaban J connectivity index is 0.00000147. The third kappa shape index (κ3) is 2.31. The van der Waals surface area contributed by atoms with Crippen molar-refractivity contribution in [3.05, 3.63) is 48.0 Å². The molecule has 0 atom stereocenters. The summed E-state index contributed by atoms with van der Waals surface area (Å²) in [5.41, 5.74) is 12.2. The number of rotatable bonds is 1. The first-order valence-corrected chi connectivity index (χ1v) is 5.70. The van der Waals surface area contributed by atoms with Gasteiger partial charge in [-0.15, -0.1) is 12.4 Å². The number of amides is 1. The molecule has 3 rings (SSSR count). The van der Waals surface area contributed by atoms with Gasteiger partial charge in [-0.3, -0.25) is 4.79 Å². The quantitative estimate of drug-likeness (QED) is 0.531. The second kappa shape index (κ2) is 5.22. The van der Waals surface area contributed by atoms with Crippen LogP contribution in [0.5, 0.6) is 0 Å². The lowest BCUT2D eigenvalue weighted by Crippen LogP contribution is -2.24. The predicted molar refractivity (Wildman–Crippen MR) is 81.1 cm³/mol. The number of halogens is 1. The van der Waals surface area contributed by atoms with Crippen LogP contribution in [0.15, 0.2) is 51.9 Å². The summed E-state index contributed by atoms with van der Waals surface area (Å²) in [7, 11) is 0. The molecule has 0 aliphatic carbocycles. The molecular formula is C14H12ClN3O2. The SMILES string of the molecule is Cl.NC(N)=NC(=O)c1ccc2c(c1)oc1ccccc12. The van der Waals surface area contributed by atoms with Crippen molar-refractivity contribution in [2.75, 3.05) is 0 Å². The molecule has 0 aliphatic heterocycles. The van der Waals surface area contributed by atoms with Crippen molar-refractivity contribution in [2.24, 2.45) is 16.5 Å². The van der Waals surface area contributed by atoms with Crippen LogP contribution < -0.4 is 11.5 Å². The van der Waals surface area contributed by atoms with E-state index in [9.17, 15) is 4.79 Å². The highest BCUT2D eigenvalue weighted by Gasteiger charge is 2.10. The normalized spacial score (nSPS) is 10.2. The molecule has 1 heterocycles. The van der Waals surface area contributed by atoms with Gasteiger partial charge in [0, 0.05) is 16.3 Å². The molecule has 5 nitrogen and oxygen atoms in total. The monoisotopic (exact) mass is 289 g/mol. The fourth-order valence-corrected chi connectivity index (χ4v) is 2.04. The van der Waals surface area contributed by atoms with Gasteiger partial charge in [0.05, 0.1) is 0 Å². The smallest absolute Gasteiger partial charge is 0.280 e. The number of furan rings is 1. The van der Waals surface area contributed by atoms with Crippen molar-refractivity contribution < 1.29 is 9.21 Å². The molecule has 0 fully saturated rings. The zero-order chi connectivity index (χ0) is 13.4. The maximum Gasteiger partial charge on any atom is 0.280 e. The van der Waals surface area contributed by atoms with Crippen molar-refractivity contribution in [1.29, 1.82) is 0 Å². The lowest BCUT2D eigenvalue weighted by Gasteiger charge is -1.96. The van der Waals surface area contributed by atoms with Crippen LogP contribution in [0.25, 0.3) is 21.9 Å². The molecule has 0 spiro atoms. The minimum Gasteiger partial charge on any atom is -0.456 e. The molecule has 0 unspecified atom stereocenters. The molecule has 102 valence electrons. The summed E-state index contributed by atoms with van der Waals surface area (Å²) in [5.74, 6) is -0.739. The summed E-state index contributed by atoms with van der Waals surface area (Å²) in [4.78, 5) is 15.2. The van der Waals surface area contributed by atoms with Crippen molar-refractivity contribution in [1.82, 2.24) is 0 Å². The molecule has 0 bridgehead atoms. The van der Waals surface area contributed by atoms with E-state index in [0.717, 1.165) is 16.4 Å². The van der Waals surface area contributed by atoms with Crippen molar-refractivity contribution >= 4 is 46.2 Å². The Morgan fingerprint density at radius 1 is 1.00 bits per heavy atom. The minimum atomic E-state index is -0.484. The van der Waals surface area contributed by atoms with Crippen LogP contribution in [-0.4, -0.2) is 11.9 Å². The Labute approximate surface area is 120 Å². The van der Waals surface area contributed by atoms with Crippen molar-refractivity contribution in [3.8, 4) is 0 Å². The fourth-order valence-electron chi connectivity index (χ4n) is 2.04. The molecule has 2 aromatic carbocycles. The summed E-state index contributed by atoms with van der Waals surface area (Å²) in [5, 5.41) is 1.97. The summed E-state index contributed by atoms with van der Waals surface area (Å²) in [6, 6.07) is 12.8. The number of fused-ring (bicyclic) bond motifs is 3. The summed E-state index contributed by atoms with van der Waals surface area (Å²) in [6.07, 6.45) is 0. The number of aliphatic imine (C=N–C) groups is 1. The van der Waals surface area contributed by atoms with Crippen LogP contribution >= 0.6 is 12.4 Å². The zero-order valence-electron chi connectivity index (χ0n) is 10.4. The molecule has 6 heteroatoms. The van der Waals surface area contributed by atoms with Crippen LogP contribution in [0.3, 0.4) is 0 Å². The third-order valence-electron chi connectivity index (χ3n) is 2.86. The third-order valence-corrected chi connectivity index (χ3v) is 2.86. The number of carbonyl (C=O) groups is 1. The molecule has 1 amide bonds. The molecule has 0 aliphatic rings. The van der Waals surface area contributed by atoms with Crippen LogP contribution in [0.1, 0.15) is 10.4 Å². The van der Waals surface area contributed by atoms with Crippen LogP contribution in [0.2, 0.25) is 0 Å². The van der Waals surface area contributed by atoms with Gasteiger partial charge in [0.25, 0.3) is 5.91 Å². The van der Waals surface area contributed by atoms with Gasteiger partial charge in [-0.2, -0.15) is 4.99 Å². The number of nitrogens with two attached hydrogens (primary N) is 2. The van der Waals surface area contributed by atoms with E-state index in [2.05, 4.69) is 4.99 Å². The highest BCUT2D eigenvalue weighted by Crippen LogP contribution is 2.29. The van der Waals surface area contributed by atoms with Crippen molar-refractivity contribution in [2.45, 2.75) is 0 Å². The van der Waals surface area contributed by atoms with E-state index in [1.807, 2.05) is 30.3 Å². The Bertz CT molecular complexity index is 820. The first-order chi connectivity index (χ1) is 9.15. The van der Waals surface area contributed by atoms with Gasteiger partial charge >= 0.3 is 0 Å². The lowest BCUT2D eigenvalue weighted by atomic mass is 10.1. The number of hydrogen-bond donors (Lipinski definition) is 2. The van der Waals surface area contributed by atoms with Crippen LogP contribution in [-0.2, 0) is 0 Å². The number of carbonyl (C=O) groups excluding carboxylic acids is 1. The Hall–Kier alpha value is -2.53. The van der Waals surface area contributed by atoms with E-state index in [4.69, 9.17) is 15.9 Å². The van der Waals surface area contributed by atoms with E-state index < -0.39 is 5.91 Å². The molecule has 0 saturated carbocycles. The van der Waals surface area contributed by atoms with Gasteiger partial charge in [0.15, 0.2) is 5.96 Å². The minimum absolute atomic E-state index is 0. The van der Waals surface area contributed by atoms with E-state index in [1.165, 1.54) is 0 Å². The summed E-state index contributed by atoms with van der Waals surface area (Å²) >= 11 is 0. The maximum absolute atomic E-state index is 11.7. The topological polar surface area (TPSA) is 94.6 Å². The number of nitrogens with zero attached hydrogens (tertiary/aromatic N) is 1. The van der Waals surface area contributed by atoms with E-state index in [1.54, 1.807) is 12.1 Å². The molecule has 20 heavy (non-hydrogen) atoms. The predicted octanol–water partition coefficient (Wildman–Crippen LogP) is 2.42. The highest BCUT2D eigenvalue weighted by molar-refractivity contribution is 6.08. The van der Waals surface area contributed by atoms with E-state index in [-0.39, 0.29) is 18.4 Å². The van der Waals surface area contributed by atoms with Crippen LogP contribution in [0, 0.1) is 0 Å². The molecule has 1 aromatic heterocycles. The zero-order valence-corrected chi connectivity index (χ0v) is 11.2. The average molecular weight is 290 g/mol. The lowest BCUT2D eigenvalue weighted by molar-refractivity contribution is 0.100. The molecule has 0 radical (unpaired) electrons. The first kappa shape index (κ1) is 13.9. The number of guanidine groups is 1. The van der Waals surface area contributed by atoms with Gasteiger partial charge in [-0.05, 0) is 24.3 Å². The standard InChI is InChI=1S/C14H11N3O2.ClH/c15-14(16)17-13(18)8-5-6-10-9-3-1-2-4-11(9)19-12(10)7-8;/h1-7H,(H4,15,16,17,18);1H. The van der Waals surface area contributed by atoms with Crippen molar-refractivity contribution in [3.63, 3.8) is 0 Å². The largest absolute Gasteiger partial charge is 0.456 e. The Kier molecular flexibility index (Phi) is 3.63. The van der Waals surface area contributed by atoms with Gasteiger partial charge in [0.2, 0.25) is 0 Å². The fraction of sp³-hybridized carbons (Fsp3) is 0. The van der Waals surface area contributed by atoms with Gasteiger partial charge in [-0.1, -0.05) is 18.2 Å². The highest BCUT2D eigenvalue weighted by atomic mass is 35.5. The summed E-state index contributed by atoms with van der Waals surface area (Å²) < 4.78 is 5.69. The number of para-hydroxylation sites is 1. The number of benzene rings is 2.